The minimum atomic E-state index is -0.0602. The number of aromatic nitrogens is 1. The first-order valence-electron chi connectivity index (χ1n) is 9.17. The fraction of sp³-hybridized carbons (Fsp3) is 0.579. The normalized spacial score (nSPS) is 21.1. The topological polar surface area (TPSA) is 54.5 Å². The Balaban J connectivity index is 1.59. The quantitative estimate of drug-likeness (QED) is 0.794. The van der Waals surface area contributed by atoms with E-state index in [2.05, 4.69) is 42.9 Å². The molecular weight excluding hydrogens is 366 g/mol. The fourth-order valence-corrected chi connectivity index (χ4v) is 5.05. The van der Waals surface area contributed by atoms with Crippen LogP contribution in [-0.4, -0.2) is 41.1 Å². The fourth-order valence-electron chi connectivity index (χ4n) is 3.39. The summed E-state index contributed by atoms with van der Waals surface area (Å²) in [4.78, 5) is 21.5. The van der Waals surface area contributed by atoms with E-state index in [9.17, 15) is 4.79 Å². The standard InChI is InChI=1S/C19H27N3O2S2/c1-5-6-15-7-17(26-14(15)4)18(23)21-19-20-16(11-25-19)10-22-8-12(2)24-13(3)9-22/h7,11-13H,5-6,8-10H2,1-4H3,(H,20,21,23). The van der Waals surface area contributed by atoms with E-state index in [0.717, 1.165) is 43.0 Å². The molecule has 0 aromatic carbocycles. The van der Waals surface area contributed by atoms with E-state index in [1.54, 1.807) is 11.3 Å². The summed E-state index contributed by atoms with van der Waals surface area (Å²) in [5.41, 5.74) is 2.28. The molecule has 2 aromatic rings. The number of carbonyl (C=O) groups is 1. The predicted molar refractivity (Wildman–Crippen MR) is 108 cm³/mol. The van der Waals surface area contributed by atoms with Crippen molar-refractivity contribution >= 4 is 33.7 Å². The van der Waals surface area contributed by atoms with Crippen LogP contribution in [0.15, 0.2) is 11.4 Å². The third-order valence-corrected chi connectivity index (χ3v) is 6.31. The number of ether oxygens (including phenoxy) is 1. The average molecular weight is 394 g/mol. The highest BCUT2D eigenvalue weighted by atomic mass is 32.1. The average Bonchev–Trinajstić information content (AvgIpc) is 3.14. The molecule has 2 atom stereocenters. The van der Waals surface area contributed by atoms with Crippen LogP contribution in [0.5, 0.6) is 0 Å². The molecule has 1 aliphatic rings. The molecule has 5 nitrogen and oxygen atoms in total. The van der Waals surface area contributed by atoms with Crippen LogP contribution in [0.2, 0.25) is 0 Å². The van der Waals surface area contributed by atoms with E-state index in [-0.39, 0.29) is 18.1 Å². The Morgan fingerprint density at radius 1 is 1.38 bits per heavy atom. The van der Waals surface area contributed by atoms with Gasteiger partial charge in [-0.2, -0.15) is 0 Å². The number of aryl methyl sites for hydroxylation is 2. The lowest BCUT2D eigenvalue weighted by Crippen LogP contribution is -2.44. The molecule has 0 radical (unpaired) electrons. The van der Waals surface area contributed by atoms with Crippen molar-refractivity contribution in [3.8, 4) is 0 Å². The summed E-state index contributed by atoms with van der Waals surface area (Å²) in [7, 11) is 0. The Morgan fingerprint density at radius 2 is 2.12 bits per heavy atom. The van der Waals surface area contributed by atoms with Crippen molar-refractivity contribution in [1.82, 2.24) is 9.88 Å². The van der Waals surface area contributed by atoms with Crippen LogP contribution in [-0.2, 0) is 17.7 Å². The van der Waals surface area contributed by atoms with Gasteiger partial charge < -0.3 is 4.74 Å². The van der Waals surface area contributed by atoms with Gasteiger partial charge in [-0.25, -0.2) is 4.98 Å². The maximum atomic E-state index is 12.5. The third kappa shape index (κ3) is 4.91. The predicted octanol–water partition coefficient (Wildman–Crippen LogP) is 4.33. The van der Waals surface area contributed by atoms with Gasteiger partial charge in [0.25, 0.3) is 5.91 Å². The Morgan fingerprint density at radius 3 is 2.81 bits per heavy atom. The number of hydrogen-bond acceptors (Lipinski definition) is 6. The second-order valence-corrected chi connectivity index (χ2v) is 9.11. The molecule has 1 aliphatic heterocycles. The molecule has 0 bridgehead atoms. The van der Waals surface area contributed by atoms with Crippen molar-refractivity contribution in [1.29, 1.82) is 0 Å². The van der Waals surface area contributed by atoms with Crippen LogP contribution in [0.1, 0.15) is 53.0 Å². The first kappa shape index (κ1) is 19.5. The summed E-state index contributed by atoms with van der Waals surface area (Å²) in [6.07, 6.45) is 2.60. The maximum absolute atomic E-state index is 12.5. The zero-order valence-electron chi connectivity index (χ0n) is 15.9. The van der Waals surface area contributed by atoms with Crippen molar-refractivity contribution in [3.63, 3.8) is 0 Å². The van der Waals surface area contributed by atoms with Crippen molar-refractivity contribution in [2.75, 3.05) is 18.4 Å². The second-order valence-electron chi connectivity index (χ2n) is 6.99. The van der Waals surface area contributed by atoms with E-state index in [4.69, 9.17) is 4.74 Å². The van der Waals surface area contributed by atoms with Gasteiger partial charge in [0.05, 0.1) is 22.8 Å². The highest BCUT2D eigenvalue weighted by molar-refractivity contribution is 7.15. The molecule has 0 saturated carbocycles. The van der Waals surface area contributed by atoms with Gasteiger partial charge in [-0.3, -0.25) is 15.0 Å². The summed E-state index contributed by atoms with van der Waals surface area (Å²) in [5, 5.41) is 5.65. The highest BCUT2D eigenvalue weighted by Crippen LogP contribution is 2.25. The summed E-state index contributed by atoms with van der Waals surface area (Å²) < 4.78 is 5.77. The zero-order chi connectivity index (χ0) is 18.7. The molecule has 2 unspecified atom stereocenters. The van der Waals surface area contributed by atoms with Gasteiger partial charge in [-0.1, -0.05) is 13.3 Å². The van der Waals surface area contributed by atoms with E-state index in [1.165, 1.54) is 21.8 Å². The van der Waals surface area contributed by atoms with Crippen LogP contribution in [0.25, 0.3) is 0 Å². The molecule has 2 aromatic heterocycles. The van der Waals surface area contributed by atoms with Gasteiger partial charge in [0.2, 0.25) is 0 Å². The number of nitrogens with zero attached hydrogens (tertiary/aromatic N) is 2. The number of morpholine rings is 1. The summed E-state index contributed by atoms with van der Waals surface area (Å²) >= 11 is 3.05. The van der Waals surface area contributed by atoms with Crippen molar-refractivity contribution < 1.29 is 9.53 Å². The number of hydrogen-bond donors (Lipinski definition) is 1. The Hall–Kier alpha value is -1.28. The van der Waals surface area contributed by atoms with Crippen LogP contribution in [0.4, 0.5) is 5.13 Å². The number of rotatable bonds is 6. The molecule has 142 valence electrons. The molecule has 3 rings (SSSR count). The summed E-state index contributed by atoms with van der Waals surface area (Å²) in [5.74, 6) is -0.0602. The molecular formula is C19H27N3O2S2. The maximum Gasteiger partial charge on any atom is 0.267 e. The molecule has 1 saturated heterocycles. The number of thiophene rings is 1. The van der Waals surface area contributed by atoms with Gasteiger partial charge >= 0.3 is 0 Å². The lowest BCUT2D eigenvalue weighted by atomic mass is 10.1. The third-order valence-electron chi connectivity index (χ3n) is 4.42. The summed E-state index contributed by atoms with van der Waals surface area (Å²) in [6.45, 7) is 11.1. The SMILES string of the molecule is CCCc1cc(C(=O)Nc2nc(CN3CC(C)OC(C)C3)cs2)sc1C. The molecule has 3 heterocycles. The van der Waals surface area contributed by atoms with Crippen molar-refractivity contribution in [2.24, 2.45) is 0 Å². The minimum Gasteiger partial charge on any atom is -0.373 e. The van der Waals surface area contributed by atoms with Crippen molar-refractivity contribution in [3.05, 3.63) is 32.5 Å². The number of nitrogens with one attached hydrogen (secondary N) is 1. The lowest BCUT2D eigenvalue weighted by Gasteiger charge is -2.34. The van der Waals surface area contributed by atoms with Gasteiger partial charge in [-0.05, 0) is 38.8 Å². The van der Waals surface area contributed by atoms with E-state index >= 15 is 0 Å². The minimum absolute atomic E-state index is 0.0602. The first-order chi connectivity index (χ1) is 12.4. The van der Waals surface area contributed by atoms with Crippen LogP contribution >= 0.6 is 22.7 Å². The van der Waals surface area contributed by atoms with Gasteiger partial charge in [0.1, 0.15) is 0 Å². The Labute approximate surface area is 163 Å². The lowest BCUT2D eigenvalue weighted by molar-refractivity contribution is -0.0707. The Kier molecular flexibility index (Phi) is 6.45. The van der Waals surface area contributed by atoms with Gasteiger partial charge in [-0.15, -0.1) is 22.7 Å². The van der Waals surface area contributed by atoms with Gasteiger partial charge in [0.15, 0.2) is 5.13 Å². The zero-order valence-corrected chi connectivity index (χ0v) is 17.5. The molecule has 1 fully saturated rings. The number of thiazole rings is 1. The molecule has 0 aliphatic carbocycles. The van der Waals surface area contributed by atoms with Gasteiger partial charge in [0, 0.05) is 29.9 Å². The van der Waals surface area contributed by atoms with Crippen LogP contribution in [0, 0.1) is 6.92 Å². The molecule has 1 N–H and O–H groups in total. The highest BCUT2D eigenvalue weighted by Gasteiger charge is 2.23. The molecule has 7 heteroatoms. The smallest absolute Gasteiger partial charge is 0.267 e. The van der Waals surface area contributed by atoms with Crippen LogP contribution < -0.4 is 5.32 Å². The summed E-state index contributed by atoms with van der Waals surface area (Å²) in [6, 6.07) is 2.02. The molecule has 26 heavy (non-hydrogen) atoms. The largest absolute Gasteiger partial charge is 0.373 e. The Bertz CT molecular complexity index is 746. The second kappa shape index (κ2) is 8.61. The van der Waals surface area contributed by atoms with Crippen LogP contribution in [0.3, 0.4) is 0 Å². The number of carbonyl (C=O) groups excluding carboxylic acids is 1. The molecule has 1 amide bonds. The number of amides is 1. The monoisotopic (exact) mass is 393 g/mol. The molecule has 0 spiro atoms. The number of anilines is 1. The van der Waals surface area contributed by atoms with E-state index < -0.39 is 0 Å². The van der Waals surface area contributed by atoms with E-state index in [1.807, 2.05) is 11.4 Å². The van der Waals surface area contributed by atoms with E-state index in [0.29, 0.717) is 5.13 Å². The van der Waals surface area contributed by atoms with Crippen molar-refractivity contribution in [2.45, 2.75) is 59.3 Å². The first-order valence-corrected chi connectivity index (χ1v) is 10.9.